The lowest BCUT2D eigenvalue weighted by Crippen LogP contribution is -2.40. The van der Waals surface area contributed by atoms with E-state index in [9.17, 15) is 4.79 Å². The summed E-state index contributed by atoms with van der Waals surface area (Å²) in [5, 5.41) is 13.5. The summed E-state index contributed by atoms with van der Waals surface area (Å²) in [5.41, 5.74) is 7.03. The van der Waals surface area contributed by atoms with Gasteiger partial charge < -0.3 is 16.4 Å². The van der Waals surface area contributed by atoms with Crippen molar-refractivity contribution in [2.75, 3.05) is 11.9 Å². The van der Waals surface area contributed by atoms with Crippen molar-refractivity contribution in [3.63, 3.8) is 0 Å². The number of hydrogen-bond donors (Lipinski definition) is 4. The van der Waals surface area contributed by atoms with Crippen LogP contribution in [0.2, 0.25) is 0 Å². The highest BCUT2D eigenvalue weighted by molar-refractivity contribution is 5.98. The van der Waals surface area contributed by atoms with Gasteiger partial charge in [-0.1, -0.05) is 0 Å². The van der Waals surface area contributed by atoms with E-state index < -0.39 is 0 Å². The number of hydrogen-bond acceptors (Lipinski definition) is 5. The van der Waals surface area contributed by atoms with Crippen LogP contribution in [0.1, 0.15) is 31.5 Å². The highest BCUT2D eigenvalue weighted by Gasteiger charge is 2.55. The average molecular weight is 326 g/mol. The molecule has 1 saturated heterocycles. The molecule has 1 unspecified atom stereocenters. The van der Waals surface area contributed by atoms with Gasteiger partial charge in [-0.2, -0.15) is 5.10 Å². The van der Waals surface area contributed by atoms with Gasteiger partial charge in [-0.05, 0) is 56.5 Å². The first-order chi connectivity index (χ1) is 11.7. The van der Waals surface area contributed by atoms with Crippen LogP contribution in [0.15, 0.2) is 24.3 Å². The number of carbonyl (C=O) groups excluding carboxylic acids is 1. The van der Waals surface area contributed by atoms with E-state index in [1.165, 1.54) is 0 Å². The molecule has 1 amide bonds. The average Bonchev–Trinajstić information content (AvgIpc) is 3.03. The van der Waals surface area contributed by atoms with Gasteiger partial charge in [-0.3, -0.25) is 9.89 Å². The number of nitrogens with one attached hydrogen (secondary N) is 3. The van der Waals surface area contributed by atoms with Crippen molar-refractivity contribution in [3.8, 4) is 11.4 Å². The number of amides is 1. The van der Waals surface area contributed by atoms with E-state index in [4.69, 9.17) is 5.73 Å². The number of rotatable bonds is 5. The number of anilines is 1. The van der Waals surface area contributed by atoms with Crippen LogP contribution in [-0.2, 0) is 11.3 Å². The molecule has 2 aliphatic rings. The highest BCUT2D eigenvalue weighted by Crippen LogP contribution is 2.51. The summed E-state index contributed by atoms with van der Waals surface area (Å²) in [5.74, 6) is 1.40. The topological polar surface area (TPSA) is 109 Å². The van der Waals surface area contributed by atoms with Crippen LogP contribution < -0.4 is 16.4 Å². The molecular formula is C17H22N6O. The minimum absolute atomic E-state index is 0.137. The summed E-state index contributed by atoms with van der Waals surface area (Å²) in [6, 6.07) is 7.94. The lowest BCUT2D eigenvalue weighted by Gasteiger charge is -2.22. The minimum Gasteiger partial charge on any atom is -0.326 e. The Bertz CT molecular complexity index is 728. The zero-order chi connectivity index (χ0) is 16.6. The Morgan fingerprint density at radius 2 is 2.12 bits per heavy atom. The standard InChI is InChI=1S/C17H22N6O/c18-10-14-21-15(23-22-14)11-3-5-12(6-4-11)20-16(24)17(7-8-17)13-2-1-9-19-13/h3-6,13,19H,1-2,7-10,18H2,(H,20,24)(H,21,22,23). The number of carbonyl (C=O) groups is 1. The lowest BCUT2D eigenvalue weighted by atomic mass is 9.94. The van der Waals surface area contributed by atoms with Crippen molar-refractivity contribution in [1.29, 1.82) is 0 Å². The number of nitrogens with zero attached hydrogens (tertiary/aromatic N) is 2. The Balaban J connectivity index is 1.44. The largest absolute Gasteiger partial charge is 0.326 e. The van der Waals surface area contributed by atoms with Crippen LogP contribution in [0.5, 0.6) is 0 Å². The molecule has 0 spiro atoms. The quantitative estimate of drug-likeness (QED) is 0.664. The second kappa shape index (κ2) is 5.99. The smallest absolute Gasteiger partial charge is 0.232 e. The van der Waals surface area contributed by atoms with Gasteiger partial charge in [0, 0.05) is 17.3 Å². The van der Waals surface area contributed by atoms with E-state index in [0.29, 0.717) is 24.2 Å². The van der Waals surface area contributed by atoms with Gasteiger partial charge in [0.05, 0.1) is 12.0 Å². The summed E-state index contributed by atoms with van der Waals surface area (Å²) in [4.78, 5) is 17.0. The zero-order valence-corrected chi connectivity index (χ0v) is 13.5. The molecule has 2 heterocycles. The van der Waals surface area contributed by atoms with E-state index in [1.807, 2.05) is 24.3 Å². The predicted octanol–water partition coefficient (Wildman–Crippen LogP) is 1.40. The zero-order valence-electron chi connectivity index (χ0n) is 13.5. The number of nitrogens with two attached hydrogens (primary N) is 1. The fourth-order valence-corrected chi connectivity index (χ4v) is 3.50. The molecule has 1 saturated carbocycles. The van der Waals surface area contributed by atoms with Gasteiger partial charge >= 0.3 is 0 Å². The van der Waals surface area contributed by atoms with E-state index in [1.54, 1.807) is 0 Å². The summed E-state index contributed by atoms with van der Waals surface area (Å²) in [6.07, 6.45) is 4.22. The summed E-state index contributed by atoms with van der Waals surface area (Å²) < 4.78 is 0. The molecular weight excluding hydrogens is 304 g/mol. The summed E-state index contributed by atoms with van der Waals surface area (Å²) >= 11 is 0. The molecule has 1 atom stereocenters. The Morgan fingerprint density at radius 3 is 2.71 bits per heavy atom. The van der Waals surface area contributed by atoms with E-state index in [0.717, 1.165) is 43.5 Å². The molecule has 5 N–H and O–H groups in total. The van der Waals surface area contributed by atoms with Gasteiger partial charge in [0.2, 0.25) is 5.91 Å². The fraction of sp³-hybridized carbons (Fsp3) is 0.471. The first kappa shape index (κ1) is 15.3. The number of aromatic amines is 1. The third-order valence-corrected chi connectivity index (χ3v) is 5.09. The van der Waals surface area contributed by atoms with Crippen molar-refractivity contribution in [2.45, 2.75) is 38.3 Å². The number of benzene rings is 1. The molecule has 1 aromatic heterocycles. The molecule has 126 valence electrons. The van der Waals surface area contributed by atoms with E-state index >= 15 is 0 Å². The Labute approximate surface area is 140 Å². The van der Waals surface area contributed by atoms with Gasteiger partial charge in [-0.15, -0.1) is 0 Å². The SMILES string of the molecule is NCc1nc(-c2ccc(NC(=O)C3(C4CCCN4)CC3)cc2)n[nH]1. The number of aromatic nitrogens is 3. The van der Waals surface area contributed by atoms with Crippen LogP contribution >= 0.6 is 0 Å². The maximum atomic E-state index is 12.7. The van der Waals surface area contributed by atoms with E-state index in [2.05, 4.69) is 25.8 Å². The molecule has 2 aromatic rings. The van der Waals surface area contributed by atoms with Crippen molar-refractivity contribution in [1.82, 2.24) is 20.5 Å². The third kappa shape index (κ3) is 2.70. The van der Waals surface area contributed by atoms with Crippen LogP contribution in [0, 0.1) is 5.41 Å². The summed E-state index contributed by atoms with van der Waals surface area (Å²) in [6.45, 7) is 1.36. The summed E-state index contributed by atoms with van der Waals surface area (Å²) in [7, 11) is 0. The Kier molecular flexibility index (Phi) is 3.82. The van der Waals surface area contributed by atoms with Crippen molar-refractivity contribution in [2.24, 2.45) is 11.1 Å². The van der Waals surface area contributed by atoms with Crippen LogP contribution in [0.3, 0.4) is 0 Å². The third-order valence-electron chi connectivity index (χ3n) is 5.09. The molecule has 4 rings (SSSR count). The maximum absolute atomic E-state index is 12.7. The first-order valence-electron chi connectivity index (χ1n) is 8.48. The highest BCUT2D eigenvalue weighted by atomic mass is 16.2. The second-order valence-corrected chi connectivity index (χ2v) is 6.65. The number of H-pyrrole nitrogens is 1. The minimum atomic E-state index is -0.199. The molecule has 0 radical (unpaired) electrons. The lowest BCUT2D eigenvalue weighted by molar-refractivity contribution is -0.122. The molecule has 1 aromatic carbocycles. The fourth-order valence-electron chi connectivity index (χ4n) is 3.50. The maximum Gasteiger partial charge on any atom is 0.232 e. The molecule has 2 fully saturated rings. The van der Waals surface area contributed by atoms with Gasteiger partial charge in [0.15, 0.2) is 5.82 Å². The Hall–Kier alpha value is -2.25. The molecule has 24 heavy (non-hydrogen) atoms. The molecule has 0 bridgehead atoms. The molecule has 7 heteroatoms. The van der Waals surface area contributed by atoms with Gasteiger partial charge in [0.1, 0.15) is 5.82 Å². The van der Waals surface area contributed by atoms with Crippen LogP contribution in [0.25, 0.3) is 11.4 Å². The van der Waals surface area contributed by atoms with Gasteiger partial charge in [-0.25, -0.2) is 4.98 Å². The predicted molar refractivity (Wildman–Crippen MR) is 91.0 cm³/mol. The normalized spacial score (nSPS) is 21.6. The molecule has 1 aliphatic heterocycles. The second-order valence-electron chi connectivity index (χ2n) is 6.65. The van der Waals surface area contributed by atoms with E-state index in [-0.39, 0.29) is 11.3 Å². The van der Waals surface area contributed by atoms with Crippen molar-refractivity contribution >= 4 is 11.6 Å². The van der Waals surface area contributed by atoms with Crippen LogP contribution in [-0.4, -0.2) is 33.7 Å². The van der Waals surface area contributed by atoms with Gasteiger partial charge in [0.25, 0.3) is 0 Å². The van der Waals surface area contributed by atoms with Crippen molar-refractivity contribution in [3.05, 3.63) is 30.1 Å². The first-order valence-corrected chi connectivity index (χ1v) is 8.48. The molecule has 1 aliphatic carbocycles. The van der Waals surface area contributed by atoms with Crippen LogP contribution in [0.4, 0.5) is 5.69 Å². The Morgan fingerprint density at radius 1 is 1.33 bits per heavy atom. The monoisotopic (exact) mass is 326 g/mol. The molecule has 7 nitrogen and oxygen atoms in total. The van der Waals surface area contributed by atoms with Crippen molar-refractivity contribution < 1.29 is 4.79 Å².